The molecule has 98 valence electrons. The van der Waals surface area contributed by atoms with Gasteiger partial charge in [0, 0.05) is 6.20 Å². The molecule has 0 amide bonds. The third-order valence-electron chi connectivity index (χ3n) is 2.18. The number of aromatic nitrogens is 1. The molecular weight excluding hydrogens is 325 g/mol. The number of rotatable bonds is 2. The van der Waals surface area contributed by atoms with Crippen molar-refractivity contribution in [2.45, 2.75) is 0 Å². The summed E-state index contributed by atoms with van der Waals surface area (Å²) in [6.07, 6.45) is 3.34. The van der Waals surface area contributed by atoms with Crippen LogP contribution >= 0.6 is 47.0 Å². The van der Waals surface area contributed by atoms with Crippen molar-refractivity contribution >= 4 is 63.5 Å². The van der Waals surface area contributed by atoms with Gasteiger partial charge in [-0.3, -0.25) is 4.98 Å². The van der Waals surface area contributed by atoms with Crippen LogP contribution in [0.4, 0.5) is 11.4 Å². The summed E-state index contributed by atoms with van der Waals surface area (Å²) in [6, 6.07) is 6.82. The Kier molecular flexibility index (Phi) is 4.82. The first-order valence-electron chi connectivity index (χ1n) is 5.19. The minimum absolute atomic E-state index is 0.383. The Labute approximate surface area is 130 Å². The van der Waals surface area contributed by atoms with Crippen molar-refractivity contribution in [3.8, 4) is 0 Å². The molecule has 2 rings (SSSR count). The third kappa shape index (κ3) is 3.94. The van der Waals surface area contributed by atoms with E-state index in [1.165, 1.54) is 0 Å². The molecule has 1 heterocycles. The number of nitrogens with one attached hydrogen (secondary N) is 2. The van der Waals surface area contributed by atoms with E-state index in [9.17, 15) is 0 Å². The number of hydrogen-bond acceptors (Lipinski definition) is 2. The summed E-state index contributed by atoms with van der Waals surface area (Å²) < 4.78 is 0. The molecule has 0 fully saturated rings. The number of nitrogens with zero attached hydrogens (tertiary/aromatic N) is 1. The molecule has 1 aromatic carbocycles. The maximum atomic E-state index is 6.04. The van der Waals surface area contributed by atoms with Gasteiger partial charge in [0.05, 0.1) is 32.6 Å². The van der Waals surface area contributed by atoms with Crippen LogP contribution in [0, 0.1) is 0 Å². The maximum Gasteiger partial charge on any atom is 0.175 e. The molecule has 0 saturated heterocycles. The highest BCUT2D eigenvalue weighted by molar-refractivity contribution is 7.80. The number of halogens is 3. The second-order valence-corrected chi connectivity index (χ2v) is 5.20. The minimum Gasteiger partial charge on any atom is -0.331 e. The first-order chi connectivity index (χ1) is 9.06. The van der Waals surface area contributed by atoms with E-state index in [0.717, 1.165) is 5.69 Å². The molecule has 0 radical (unpaired) electrons. The second-order valence-electron chi connectivity index (χ2n) is 3.57. The fourth-order valence-corrected chi connectivity index (χ4v) is 2.16. The Bertz CT molecular complexity index is 605. The number of pyridine rings is 1. The predicted octanol–water partition coefficient (Wildman–Crippen LogP) is 4.85. The van der Waals surface area contributed by atoms with E-state index >= 15 is 0 Å². The molecular formula is C12H8Cl3N3S. The van der Waals surface area contributed by atoms with Crippen LogP contribution in [0.1, 0.15) is 0 Å². The van der Waals surface area contributed by atoms with Crippen molar-refractivity contribution in [2.24, 2.45) is 0 Å². The van der Waals surface area contributed by atoms with Crippen LogP contribution in [0.15, 0.2) is 36.7 Å². The summed E-state index contributed by atoms with van der Waals surface area (Å²) in [5.41, 5.74) is 1.36. The van der Waals surface area contributed by atoms with Crippen LogP contribution in [-0.4, -0.2) is 10.1 Å². The maximum absolute atomic E-state index is 6.04. The fourth-order valence-electron chi connectivity index (χ4n) is 1.34. The molecule has 0 unspecified atom stereocenters. The molecule has 7 heteroatoms. The van der Waals surface area contributed by atoms with Crippen molar-refractivity contribution in [1.29, 1.82) is 0 Å². The van der Waals surface area contributed by atoms with E-state index in [2.05, 4.69) is 15.6 Å². The van der Waals surface area contributed by atoms with Crippen molar-refractivity contribution in [1.82, 2.24) is 4.98 Å². The minimum atomic E-state index is 0.383. The van der Waals surface area contributed by atoms with E-state index in [4.69, 9.17) is 47.0 Å². The molecule has 2 N–H and O–H groups in total. The third-order valence-corrected chi connectivity index (χ3v) is 3.42. The predicted molar refractivity (Wildman–Crippen MR) is 85.6 cm³/mol. The highest BCUT2D eigenvalue weighted by Crippen LogP contribution is 2.32. The SMILES string of the molecule is S=C(Nc1cccnc1)Nc1cc(Cl)c(Cl)cc1Cl. The summed E-state index contributed by atoms with van der Waals surface area (Å²) >= 11 is 23.0. The van der Waals surface area contributed by atoms with Gasteiger partial charge < -0.3 is 10.6 Å². The van der Waals surface area contributed by atoms with E-state index in [1.54, 1.807) is 30.6 Å². The molecule has 0 spiro atoms. The molecule has 3 nitrogen and oxygen atoms in total. The van der Waals surface area contributed by atoms with E-state index < -0.39 is 0 Å². The Balaban J connectivity index is 2.09. The highest BCUT2D eigenvalue weighted by atomic mass is 35.5. The van der Waals surface area contributed by atoms with Crippen LogP contribution < -0.4 is 10.6 Å². The zero-order valence-electron chi connectivity index (χ0n) is 9.45. The Hall–Kier alpha value is -1.07. The monoisotopic (exact) mass is 331 g/mol. The molecule has 1 aromatic heterocycles. The summed E-state index contributed by atoms with van der Waals surface area (Å²) in [7, 11) is 0. The van der Waals surface area contributed by atoms with Crippen LogP contribution in [0.3, 0.4) is 0 Å². The summed E-state index contributed by atoms with van der Waals surface area (Å²) in [5, 5.41) is 7.53. The van der Waals surface area contributed by atoms with Crippen LogP contribution in [-0.2, 0) is 0 Å². The molecule has 19 heavy (non-hydrogen) atoms. The van der Waals surface area contributed by atoms with Crippen molar-refractivity contribution in [3.63, 3.8) is 0 Å². The van der Waals surface area contributed by atoms with E-state index in [-0.39, 0.29) is 0 Å². The number of anilines is 2. The number of hydrogen-bond donors (Lipinski definition) is 2. The van der Waals surface area contributed by atoms with Gasteiger partial charge >= 0.3 is 0 Å². The van der Waals surface area contributed by atoms with Gasteiger partial charge in [-0.25, -0.2) is 0 Å². The molecule has 0 aliphatic heterocycles. The Morgan fingerprint density at radius 2 is 1.79 bits per heavy atom. The van der Waals surface area contributed by atoms with Crippen molar-refractivity contribution in [3.05, 3.63) is 51.7 Å². The molecule has 0 atom stereocenters. The highest BCUT2D eigenvalue weighted by Gasteiger charge is 2.07. The Morgan fingerprint density at radius 3 is 2.47 bits per heavy atom. The quantitative estimate of drug-likeness (QED) is 0.609. The topological polar surface area (TPSA) is 37.0 Å². The van der Waals surface area contributed by atoms with E-state index in [0.29, 0.717) is 25.9 Å². The summed E-state index contributed by atoms with van der Waals surface area (Å²) in [6.45, 7) is 0. The van der Waals surface area contributed by atoms with Gasteiger partial charge in [-0.2, -0.15) is 0 Å². The zero-order chi connectivity index (χ0) is 13.8. The smallest absolute Gasteiger partial charge is 0.175 e. The van der Waals surface area contributed by atoms with Crippen LogP contribution in [0.5, 0.6) is 0 Å². The van der Waals surface area contributed by atoms with Crippen LogP contribution in [0.2, 0.25) is 15.1 Å². The molecule has 0 bridgehead atoms. The lowest BCUT2D eigenvalue weighted by molar-refractivity contribution is 1.33. The van der Waals surface area contributed by atoms with Crippen LogP contribution in [0.25, 0.3) is 0 Å². The van der Waals surface area contributed by atoms with E-state index in [1.807, 2.05) is 6.07 Å². The van der Waals surface area contributed by atoms with Gasteiger partial charge in [0.2, 0.25) is 0 Å². The van der Waals surface area contributed by atoms with Gasteiger partial charge in [0.15, 0.2) is 5.11 Å². The molecule has 0 aliphatic rings. The van der Waals surface area contributed by atoms with Gasteiger partial charge in [-0.05, 0) is 36.5 Å². The first kappa shape index (κ1) is 14.3. The average Bonchev–Trinajstić information content (AvgIpc) is 2.37. The zero-order valence-corrected chi connectivity index (χ0v) is 12.5. The number of thiocarbonyl (C=S) groups is 1. The second kappa shape index (κ2) is 6.39. The number of benzene rings is 1. The molecule has 0 aliphatic carbocycles. The first-order valence-corrected chi connectivity index (χ1v) is 6.73. The lowest BCUT2D eigenvalue weighted by atomic mass is 10.3. The Morgan fingerprint density at radius 1 is 1.05 bits per heavy atom. The van der Waals surface area contributed by atoms with Crippen molar-refractivity contribution in [2.75, 3.05) is 10.6 Å². The van der Waals surface area contributed by atoms with Gasteiger partial charge in [-0.15, -0.1) is 0 Å². The standard InChI is InChI=1S/C12H8Cl3N3S/c13-8-4-10(15)11(5-9(8)14)18-12(19)17-7-2-1-3-16-6-7/h1-6H,(H2,17,18,19). The summed E-state index contributed by atoms with van der Waals surface area (Å²) in [5.74, 6) is 0. The van der Waals surface area contributed by atoms with Gasteiger partial charge in [-0.1, -0.05) is 34.8 Å². The molecule has 0 saturated carbocycles. The lowest BCUT2D eigenvalue weighted by Gasteiger charge is -2.12. The normalized spacial score (nSPS) is 10.1. The molecule has 2 aromatic rings. The summed E-state index contributed by atoms with van der Waals surface area (Å²) in [4.78, 5) is 3.97. The average molecular weight is 333 g/mol. The lowest BCUT2D eigenvalue weighted by Crippen LogP contribution is -2.19. The largest absolute Gasteiger partial charge is 0.331 e. The van der Waals surface area contributed by atoms with Crippen molar-refractivity contribution < 1.29 is 0 Å². The fraction of sp³-hybridized carbons (Fsp3) is 0. The van der Waals surface area contributed by atoms with Gasteiger partial charge in [0.1, 0.15) is 0 Å². The van der Waals surface area contributed by atoms with Gasteiger partial charge in [0.25, 0.3) is 0 Å².